The Labute approximate surface area is 198 Å². The number of hydrogen-bond acceptors (Lipinski definition) is 8. The van der Waals surface area contributed by atoms with Crippen LogP contribution >= 0.6 is 0 Å². The Kier molecular flexibility index (Phi) is 10.6. The molecule has 0 aromatic carbocycles. The number of carboxylic acid groups (broad SMARTS) is 2. The highest BCUT2D eigenvalue weighted by Gasteiger charge is 2.38. The SMILES string of the molecule is O=C(O)C(F)(F)F.O=C(O)CC(Cc1nc(CCCCNc2ccccn2)no1)c1cccnc1. The van der Waals surface area contributed by atoms with Gasteiger partial charge in [0.2, 0.25) is 5.89 Å². The third kappa shape index (κ3) is 10.6. The first kappa shape index (κ1) is 27.2. The quantitative estimate of drug-likeness (QED) is 0.336. The summed E-state index contributed by atoms with van der Waals surface area (Å²) >= 11 is 0. The first-order chi connectivity index (χ1) is 16.6. The molecule has 1 unspecified atom stereocenters. The summed E-state index contributed by atoms with van der Waals surface area (Å²) in [5.74, 6) is -1.90. The lowest BCUT2D eigenvalue weighted by Crippen LogP contribution is -2.21. The van der Waals surface area contributed by atoms with E-state index in [2.05, 4.69) is 25.4 Å². The molecule has 10 nitrogen and oxygen atoms in total. The van der Waals surface area contributed by atoms with Crippen molar-refractivity contribution in [3.8, 4) is 0 Å². The Morgan fingerprint density at radius 1 is 1.09 bits per heavy atom. The molecular weight excluding hydrogens is 471 g/mol. The van der Waals surface area contributed by atoms with Crippen LogP contribution in [0.1, 0.15) is 42.5 Å². The number of anilines is 1. The van der Waals surface area contributed by atoms with Gasteiger partial charge in [-0.25, -0.2) is 9.78 Å². The molecule has 0 aliphatic rings. The van der Waals surface area contributed by atoms with Gasteiger partial charge in [-0.05, 0) is 36.6 Å². The first-order valence-corrected chi connectivity index (χ1v) is 10.5. The van der Waals surface area contributed by atoms with Crippen LogP contribution in [0.4, 0.5) is 19.0 Å². The number of pyridine rings is 2. The van der Waals surface area contributed by atoms with Crippen molar-refractivity contribution in [3.63, 3.8) is 0 Å². The van der Waals surface area contributed by atoms with Gasteiger partial charge >= 0.3 is 18.1 Å². The maximum absolute atomic E-state index is 11.2. The predicted molar refractivity (Wildman–Crippen MR) is 117 cm³/mol. The Balaban J connectivity index is 0.000000540. The molecule has 3 aromatic heterocycles. The molecule has 13 heteroatoms. The fraction of sp³-hybridized carbons (Fsp3) is 0.364. The van der Waals surface area contributed by atoms with E-state index in [1.807, 2.05) is 24.3 Å². The van der Waals surface area contributed by atoms with Crippen molar-refractivity contribution in [2.45, 2.75) is 44.2 Å². The lowest BCUT2D eigenvalue weighted by atomic mass is 9.94. The molecule has 3 heterocycles. The zero-order valence-electron chi connectivity index (χ0n) is 18.5. The highest BCUT2D eigenvalue weighted by atomic mass is 19.4. The van der Waals surface area contributed by atoms with E-state index < -0.39 is 18.1 Å². The number of unbranched alkanes of at least 4 members (excludes halogenated alkanes) is 1. The van der Waals surface area contributed by atoms with Gasteiger partial charge in [0.15, 0.2) is 5.82 Å². The minimum absolute atomic E-state index is 0.0113. The molecule has 0 amide bonds. The Morgan fingerprint density at radius 3 is 2.46 bits per heavy atom. The van der Waals surface area contributed by atoms with Crippen LogP contribution in [0.3, 0.4) is 0 Å². The number of aliphatic carboxylic acids is 2. The van der Waals surface area contributed by atoms with E-state index in [0.29, 0.717) is 24.6 Å². The van der Waals surface area contributed by atoms with Gasteiger partial charge in [-0.2, -0.15) is 18.2 Å². The van der Waals surface area contributed by atoms with Crippen LogP contribution in [0.5, 0.6) is 0 Å². The zero-order valence-corrected chi connectivity index (χ0v) is 18.5. The van der Waals surface area contributed by atoms with Crippen LogP contribution in [0.15, 0.2) is 53.4 Å². The monoisotopic (exact) mass is 495 g/mol. The van der Waals surface area contributed by atoms with Crippen LogP contribution < -0.4 is 5.32 Å². The van der Waals surface area contributed by atoms with Gasteiger partial charge in [-0.15, -0.1) is 0 Å². The third-order valence-electron chi connectivity index (χ3n) is 4.55. The van der Waals surface area contributed by atoms with Crippen molar-refractivity contribution in [2.24, 2.45) is 0 Å². The summed E-state index contributed by atoms with van der Waals surface area (Å²) in [6, 6.07) is 9.42. The molecule has 0 spiro atoms. The molecule has 188 valence electrons. The molecule has 0 saturated heterocycles. The van der Waals surface area contributed by atoms with Crippen molar-refractivity contribution < 1.29 is 37.5 Å². The van der Waals surface area contributed by atoms with Gasteiger partial charge in [-0.1, -0.05) is 17.3 Å². The maximum atomic E-state index is 11.2. The molecule has 0 radical (unpaired) electrons. The molecule has 3 N–H and O–H groups in total. The fourth-order valence-electron chi connectivity index (χ4n) is 2.91. The van der Waals surface area contributed by atoms with E-state index in [4.69, 9.17) is 14.4 Å². The van der Waals surface area contributed by atoms with Crippen LogP contribution in [0.25, 0.3) is 0 Å². The van der Waals surface area contributed by atoms with Crippen LogP contribution in [0.2, 0.25) is 0 Å². The lowest BCUT2D eigenvalue weighted by molar-refractivity contribution is -0.192. The van der Waals surface area contributed by atoms with Crippen LogP contribution in [0, 0.1) is 0 Å². The van der Waals surface area contributed by atoms with Crippen molar-refractivity contribution in [3.05, 3.63) is 66.2 Å². The molecule has 1 atom stereocenters. The first-order valence-electron chi connectivity index (χ1n) is 10.5. The number of aromatic nitrogens is 4. The topological polar surface area (TPSA) is 151 Å². The second-order valence-electron chi connectivity index (χ2n) is 7.29. The standard InChI is InChI=1S/C20H23N5O3.C2HF3O2/c26-20(27)13-16(15-6-5-9-21-14-15)12-19-24-18(25-28-19)8-2-4-11-23-17-7-1-3-10-22-17;3-2(4,5)1(6)7/h1,3,5-7,9-10,14,16H,2,4,8,11-13H2,(H,22,23)(H,26,27);(H,6,7). The smallest absolute Gasteiger partial charge is 0.481 e. The van der Waals surface area contributed by atoms with E-state index in [0.717, 1.165) is 30.8 Å². The molecule has 3 rings (SSSR count). The van der Waals surface area contributed by atoms with Crippen molar-refractivity contribution >= 4 is 17.8 Å². The van der Waals surface area contributed by atoms with Crippen molar-refractivity contribution in [1.29, 1.82) is 0 Å². The summed E-state index contributed by atoms with van der Waals surface area (Å²) < 4.78 is 37.1. The molecular formula is C22H24F3N5O5. The van der Waals surface area contributed by atoms with E-state index >= 15 is 0 Å². The lowest BCUT2D eigenvalue weighted by Gasteiger charge is -2.12. The number of carbonyl (C=O) groups is 2. The maximum Gasteiger partial charge on any atom is 0.490 e. The minimum atomic E-state index is -5.08. The van der Waals surface area contributed by atoms with Crippen molar-refractivity contribution in [2.75, 3.05) is 11.9 Å². The van der Waals surface area contributed by atoms with E-state index in [9.17, 15) is 23.1 Å². The Morgan fingerprint density at radius 2 is 1.86 bits per heavy atom. The summed E-state index contributed by atoms with van der Waals surface area (Å²) in [5.41, 5.74) is 0.852. The number of hydrogen-bond donors (Lipinski definition) is 3. The largest absolute Gasteiger partial charge is 0.490 e. The summed E-state index contributed by atoms with van der Waals surface area (Å²) in [7, 11) is 0. The average Bonchev–Trinajstić information content (AvgIpc) is 3.26. The van der Waals surface area contributed by atoms with Gasteiger partial charge < -0.3 is 20.1 Å². The van der Waals surface area contributed by atoms with Crippen LogP contribution in [-0.2, 0) is 22.4 Å². The van der Waals surface area contributed by atoms with E-state index in [1.165, 1.54) is 0 Å². The van der Waals surface area contributed by atoms with Crippen LogP contribution in [-0.4, -0.2) is 55.0 Å². The molecule has 3 aromatic rings. The number of alkyl halides is 3. The van der Waals surface area contributed by atoms with Crippen molar-refractivity contribution in [1.82, 2.24) is 20.1 Å². The van der Waals surface area contributed by atoms with E-state index in [1.54, 1.807) is 24.7 Å². The van der Waals surface area contributed by atoms with Gasteiger partial charge in [0.05, 0.1) is 6.42 Å². The van der Waals surface area contributed by atoms with Gasteiger partial charge in [0, 0.05) is 43.9 Å². The number of halogens is 3. The van der Waals surface area contributed by atoms with Gasteiger partial charge in [0.25, 0.3) is 0 Å². The van der Waals surface area contributed by atoms with Gasteiger partial charge in [-0.3, -0.25) is 9.78 Å². The summed E-state index contributed by atoms with van der Waals surface area (Å²) in [4.78, 5) is 32.8. The summed E-state index contributed by atoms with van der Waals surface area (Å²) in [6.07, 6.45) is 2.97. The molecule has 0 saturated carbocycles. The van der Waals surface area contributed by atoms with Gasteiger partial charge in [0.1, 0.15) is 5.82 Å². The highest BCUT2D eigenvalue weighted by Crippen LogP contribution is 2.23. The molecule has 0 bridgehead atoms. The molecule has 0 fully saturated rings. The Hall–Kier alpha value is -4.03. The fourth-order valence-corrected chi connectivity index (χ4v) is 2.91. The minimum Gasteiger partial charge on any atom is -0.481 e. The van der Waals surface area contributed by atoms with E-state index in [-0.39, 0.29) is 12.3 Å². The number of carboxylic acids is 2. The highest BCUT2D eigenvalue weighted by molar-refractivity contribution is 5.73. The Bertz CT molecular complexity index is 1050. The summed E-state index contributed by atoms with van der Waals surface area (Å²) in [6.45, 7) is 0.823. The second kappa shape index (κ2) is 13.6. The summed E-state index contributed by atoms with van der Waals surface area (Å²) in [5, 5.41) is 23.6. The number of rotatable bonds is 11. The molecule has 35 heavy (non-hydrogen) atoms. The molecule has 0 aliphatic heterocycles. The number of nitrogens with zero attached hydrogens (tertiary/aromatic N) is 4. The predicted octanol–water partition coefficient (Wildman–Crippen LogP) is 3.73. The average molecular weight is 495 g/mol. The molecule has 0 aliphatic carbocycles. The normalized spacial score (nSPS) is 11.7. The third-order valence-corrected chi connectivity index (χ3v) is 4.55. The number of nitrogens with one attached hydrogen (secondary N) is 1. The zero-order chi connectivity index (χ0) is 25.7. The second-order valence-corrected chi connectivity index (χ2v) is 7.29. The number of aryl methyl sites for hydroxylation is 1.